The van der Waals surface area contributed by atoms with Gasteiger partial charge in [-0.15, -0.1) is 0 Å². The van der Waals surface area contributed by atoms with Crippen LogP contribution in [-0.2, 0) is 33.2 Å². The molecule has 4 saturated carbocycles. The normalized spacial score (nSPS) is 58.1. The van der Waals surface area contributed by atoms with Crippen LogP contribution in [0.25, 0.3) is 0 Å². The standard InChI is InChI=1S/C46H74O18/c1-20(17-47)9-14-45(57)22(3)43(6)29(62-45)16-27-25-8-7-23-15-24(10-12-41(23,4)26(25)11-13-42(27,43)5)59-40-46(63-39-35(55)32(52)30(50)21(2)58-39)36(56)37(44(46,19-49)64-40)61-38-34(54)33(53)31(51)28(18-48)60-38/h7,20-22,24-40,47-57H,8-19H2,1-6H3. The van der Waals surface area contributed by atoms with E-state index in [1.807, 2.05) is 6.92 Å². The SMILES string of the molecule is CC(CO)CCC1(O)OC2CC3C4CC=C5CC(OC6OC7(CO)C(OC8OC(CO)C(O)C(O)C8O)C(O)C67OC6OC(C)C(O)C(O)C6O)CCC5(C)C4CCC3(C)C2(C)C1C. The molecule has 5 aliphatic carbocycles. The Labute approximate surface area is 374 Å². The number of allylic oxidation sites excluding steroid dienone is 1. The maximum absolute atomic E-state index is 12.0. The van der Waals surface area contributed by atoms with Crippen LogP contribution in [0.15, 0.2) is 11.6 Å². The highest BCUT2D eigenvalue weighted by Crippen LogP contribution is 2.75. The molecule has 4 saturated heterocycles. The number of aliphatic hydroxyl groups is 11. The molecular weight excluding hydrogens is 840 g/mol. The molecule has 26 unspecified atom stereocenters. The molecule has 0 spiro atoms. The van der Waals surface area contributed by atoms with E-state index in [0.717, 1.165) is 32.1 Å². The van der Waals surface area contributed by atoms with Crippen LogP contribution in [0.4, 0.5) is 0 Å². The highest BCUT2D eigenvalue weighted by atomic mass is 16.8. The first-order chi connectivity index (χ1) is 30.1. The molecule has 366 valence electrons. The van der Waals surface area contributed by atoms with Crippen LogP contribution in [-0.4, -0.2) is 185 Å². The van der Waals surface area contributed by atoms with Gasteiger partial charge in [0.25, 0.3) is 0 Å². The molecule has 9 rings (SSSR count). The molecule has 9 aliphatic rings. The Bertz CT molecular complexity index is 1750. The van der Waals surface area contributed by atoms with Crippen LogP contribution in [0, 0.1) is 45.8 Å². The van der Waals surface area contributed by atoms with Gasteiger partial charge in [0.2, 0.25) is 0 Å². The second-order valence-electron chi connectivity index (χ2n) is 22.0. The molecule has 0 radical (unpaired) electrons. The molecule has 0 aromatic carbocycles. The van der Waals surface area contributed by atoms with Gasteiger partial charge in [0.05, 0.1) is 31.5 Å². The Morgan fingerprint density at radius 2 is 1.52 bits per heavy atom. The first kappa shape index (κ1) is 48.1. The van der Waals surface area contributed by atoms with Crippen LogP contribution >= 0.6 is 0 Å². The van der Waals surface area contributed by atoms with Gasteiger partial charge in [0.15, 0.2) is 35.9 Å². The quantitative estimate of drug-likeness (QED) is 0.108. The van der Waals surface area contributed by atoms with E-state index in [1.165, 1.54) is 12.5 Å². The molecule has 64 heavy (non-hydrogen) atoms. The summed E-state index contributed by atoms with van der Waals surface area (Å²) in [6, 6.07) is 0. The Hall–Kier alpha value is -0.980. The third kappa shape index (κ3) is 6.49. The molecule has 0 bridgehead atoms. The first-order valence-electron chi connectivity index (χ1n) is 23.8. The zero-order valence-corrected chi connectivity index (χ0v) is 37.9. The van der Waals surface area contributed by atoms with E-state index in [-0.39, 0.29) is 40.8 Å². The molecule has 26 atom stereocenters. The summed E-state index contributed by atoms with van der Waals surface area (Å²) in [5, 5.41) is 118. The van der Waals surface area contributed by atoms with Crippen molar-refractivity contribution in [3.8, 4) is 0 Å². The van der Waals surface area contributed by atoms with Gasteiger partial charge in [0.1, 0.15) is 54.9 Å². The van der Waals surface area contributed by atoms with Crippen molar-refractivity contribution in [3.05, 3.63) is 11.6 Å². The fraction of sp³-hybridized carbons (Fsp3) is 0.957. The maximum atomic E-state index is 12.0. The van der Waals surface area contributed by atoms with E-state index in [9.17, 15) is 56.2 Å². The lowest BCUT2D eigenvalue weighted by molar-refractivity contribution is -0.561. The fourth-order valence-corrected chi connectivity index (χ4v) is 14.8. The van der Waals surface area contributed by atoms with E-state index >= 15 is 0 Å². The summed E-state index contributed by atoms with van der Waals surface area (Å²) in [4.78, 5) is 0. The van der Waals surface area contributed by atoms with E-state index in [1.54, 1.807) is 0 Å². The number of fused-ring (bicyclic) bond motifs is 8. The van der Waals surface area contributed by atoms with Gasteiger partial charge in [-0.3, -0.25) is 0 Å². The Kier molecular flexibility index (Phi) is 12.4. The van der Waals surface area contributed by atoms with Gasteiger partial charge in [-0.1, -0.05) is 46.3 Å². The zero-order valence-electron chi connectivity index (χ0n) is 37.9. The van der Waals surface area contributed by atoms with Gasteiger partial charge in [-0.05, 0) is 92.8 Å². The molecule has 4 heterocycles. The largest absolute Gasteiger partial charge is 0.396 e. The molecule has 18 heteroatoms. The zero-order chi connectivity index (χ0) is 46.3. The van der Waals surface area contributed by atoms with Crippen molar-refractivity contribution in [2.75, 3.05) is 19.8 Å². The minimum absolute atomic E-state index is 0.0298. The Balaban J connectivity index is 0.927. The fourth-order valence-electron chi connectivity index (χ4n) is 14.8. The van der Waals surface area contributed by atoms with Gasteiger partial charge < -0.3 is 89.3 Å². The van der Waals surface area contributed by atoms with Crippen LogP contribution in [0.5, 0.6) is 0 Å². The third-order valence-electron chi connectivity index (χ3n) is 19.4. The average Bonchev–Trinajstić information content (AvgIpc) is 3.62. The second-order valence-corrected chi connectivity index (χ2v) is 22.0. The molecule has 18 nitrogen and oxygen atoms in total. The summed E-state index contributed by atoms with van der Waals surface area (Å²) in [6.07, 6.45) is -11.4. The molecule has 11 N–H and O–H groups in total. The van der Waals surface area contributed by atoms with Crippen LogP contribution in [0.1, 0.15) is 99.3 Å². The highest BCUT2D eigenvalue weighted by molar-refractivity contribution is 5.33. The Morgan fingerprint density at radius 3 is 2.20 bits per heavy atom. The summed E-state index contributed by atoms with van der Waals surface area (Å²) < 4.78 is 43.4. The second kappa shape index (κ2) is 16.6. The summed E-state index contributed by atoms with van der Waals surface area (Å²) in [7, 11) is 0. The van der Waals surface area contributed by atoms with E-state index in [0.29, 0.717) is 43.4 Å². The highest BCUT2D eigenvalue weighted by Gasteiger charge is 2.88. The molecule has 4 aliphatic heterocycles. The maximum Gasteiger partial charge on any atom is 0.193 e. The van der Waals surface area contributed by atoms with Crippen LogP contribution < -0.4 is 0 Å². The number of hydrogen-bond donors (Lipinski definition) is 11. The summed E-state index contributed by atoms with van der Waals surface area (Å²) in [6.45, 7) is 11.3. The predicted molar refractivity (Wildman–Crippen MR) is 220 cm³/mol. The summed E-state index contributed by atoms with van der Waals surface area (Å²) >= 11 is 0. The number of ether oxygens (including phenoxy) is 7. The van der Waals surface area contributed by atoms with Crippen LogP contribution in [0.3, 0.4) is 0 Å². The molecule has 8 fully saturated rings. The lowest BCUT2D eigenvalue weighted by Crippen LogP contribution is -2.98. The number of aliphatic hydroxyl groups excluding tert-OH is 10. The van der Waals surface area contributed by atoms with Crippen molar-refractivity contribution in [1.82, 2.24) is 0 Å². The summed E-state index contributed by atoms with van der Waals surface area (Å²) in [5.41, 5.74) is -2.95. The van der Waals surface area contributed by atoms with Crippen molar-refractivity contribution in [3.63, 3.8) is 0 Å². The summed E-state index contributed by atoms with van der Waals surface area (Å²) in [5.74, 6) is 0.0763. The monoisotopic (exact) mass is 914 g/mol. The van der Waals surface area contributed by atoms with Gasteiger partial charge in [-0.2, -0.15) is 0 Å². The predicted octanol–water partition coefficient (Wildman–Crippen LogP) is -0.687. The lowest BCUT2D eigenvalue weighted by atomic mass is 9.44. The van der Waals surface area contributed by atoms with Crippen molar-refractivity contribution >= 4 is 0 Å². The topological polar surface area (TPSA) is 287 Å². The lowest BCUT2D eigenvalue weighted by Gasteiger charge is -2.74. The third-order valence-corrected chi connectivity index (χ3v) is 19.4. The van der Waals surface area contributed by atoms with Crippen molar-refractivity contribution in [2.24, 2.45) is 45.8 Å². The van der Waals surface area contributed by atoms with Crippen molar-refractivity contribution in [2.45, 2.75) is 208 Å². The smallest absolute Gasteiger partial charge is 0.193 e. The van der Waals surface area contributed by atoms with Gasteiger partial charge in [-0.25, -0.2) is 0 Å². The van der Waals surface area contributed by atoms with Gasteiger partial charge >= 0.3 is 0 Å². The van der Waals surface area contributed by atoms with Crippen LogP contribution in [0.2, 0.25) is 0 Å². The molecule has 0 aromatic heterocycles. The average molecular weight is 915 g/mol. The van der Waals surface area contributed by atoms with E-state index in [2.05, 4.69) is 33.8 Å². The first-order valence-corrected chi connectivity index (χ1v) is 23.8. The number of rotatable bonds is 12. The molecule has 0 amide bonds. The van der Waals surface area contributed by atoms with Gasteiger partial charge in [0, 0.05) is 24.4 Å². The van der Waals surface area contributed by atoms with E-state index < -0.39 is 116 Å². The molecule has 0 aromatic rings. The minimum Gasteiger partial charge on any atom is -0.396 e. The van der Waals surface area contributed by atoms with Crippen molar-refractivity contribution in [1.29, 1.82) is 0 Å². The van der Waals surface area contributed by atoms with E-state index in [4.69, 9.17) is 33.2 Å². The Morgan fingerprint density at radius 1 is 0.812 bits per heavy atom. The number of hydrogen-bond acceptors (Lipinski definition) is 18. The minimum atomic E-state index is -1.98. The molecular formula is C46H74O18. The van der Waals surface area contributed by atoms with Crippen molar-refractivity contribution < 1.29 is 89.3 Å².